The highest BCUT2D eigenvalue weighted by Gasteiger charge is 2.23. The van der Waals surface area contributed by atoms with Gasteiger partial charge in [-0.1, -0.05) is 12.1 Å². The molecule has 0 aliphatic heterocycles. The molecule has 118 valence electrons. The van der Waals surface area contributed by atoms with E-state index in [1.165, 1.54) is 19.1 Å². The minimum Gasteiger partial charge on any atom is -0.395 e. The molecule has 1 amide bonds. The van der Waals surface area contributed by atoms with Crippen molar-refractivity contribution in [2.75, 3.05) is 26.3 Å². The Kier molecular flexibility index (Phi) is 6.76. The minimum absolute atomic E-state index is 0.0729. The van der Waals surface area contributed by atoms with Crippen LogP contribution in [0.3, 0.4) is 0 Å². The van der Waals surface area contributed by atoms with Crippen LogP contribution in [0.25, 0.3) is 0 Å². The largest absolute Gasteiger partial charge is 0.395 e. The number of nitrogens with zero attached hydrogens (tertiary/aromatic N) is 1. The molecule has 7 nitrogen and oxygen atoms in total. The SMILES string of the molecule is CC(=O)NCc1ccc(S(=O)(=O)N(CCO)CCO)cc1. The minimum atomic E-state index is -3.75. The van der Waals surface area contributed by atoms with Crippen LogP contribution >= 0.6 is 0 Å². The van der Waals surface area contributed by atoms with Crippen molar-refractivity contribution in [2.45, 2.75) is 18.4 Å². The average Bonchev–Trinajstić information content (AvgIpc) is 2.45. The number of carbonyl (C=O) groups is 1. The number of aliphatic hydroxyl groups excluding tert-OH is 2. The zero-order valence-electron chi connectivity index (χ0n) is 11.8. The van der Waals surface area contributed by atoms with Crippen LogP contribution in [-0.4, -0.2) is 55.1 Å². The number of hydrogen-bond acceptors (Lipinski definition) is 5. The molecule has 21 heavy (non-hydrogen) atoms. The maximum Gasteiger partial charge on any atom is 0.243 e. The van der Waals surface area contributed by atoms with Crippen LogP contribution in [0, 0.1) is 0 Å². The fourth-order valence-corrected chi connectivity index (χ4v) is 3.15. The van der Waals surface area contributed by atoms with Gasteiger partial charge in [-0.2, -0.15) is 4.31 Å². The molecule has 0 heterocycles. The standard InChI is InChI=1S/C13H20N2O5S/c1-11(18)14-10-12-2-4-13(5-3-12)21(19,20)15(6-8-16)7-9-17/h2-5,16-17H,6-10H2,1H3,(H,14,18). The fraction of sp³-hybridized carbons (Fsp3) is 0.462. The van der Waals surface area contributed by atoms with Gasteiger partial charge in [-0.25, -0.2) is 8.42 Å². The molecule has 8 heteroatoms. The molecule has 0 radical (unpaired) electrons. The van der Waals surface area contributed by atoms with Gasteiger partial charge in [0.05, 0.1) is 18.1 Å². The van der Waals surface area contributed by atoms with E-state index in [2.05, 4.69) is 5.32 Å². The summed E-state index contributed by atoms with van der Waals surface area (Å²) in [6.07, 6.45) is 0. The molecular weight excluding hydrogens is 296 g/mol. The van der Waals surface area contributed by atoms with E-state index in [0.717, 1.165) is 9.87 Å². The van der Waals surface area contributed by atoms with Crippen LogP contribution in [0.15, 0.2) is 29.2 Å². The van der Waals surface area contributed by atoms with E-state index in [1.807, 2.05) is 0 Å². The summed E-state index contributed by atoms with van der Waals surface area (Å²) < 4.78 is 25.7. The molecule has 1 aromatic rings. The normalized spacial score (nSPS) is 11.6. The number of benzene rings is 1. The summed E-state index contributed by atoms with van der Waals surface area (Å²) in [6, 6.07) is 6.10. The summed E-state index contributed by atoms with van der Waals surface area (Å²) in [5, 5.41) is 20.4. The van der Waals surface area contributed by atoms with E-state index >= 15 is 0 Å². The highest BCUT2D eigenvalue weighted by atomic mass is 32.2. The Hall–Kier alpha value is -1.48. The quantitative estimate of drug-likeness (QED) is 0.588. The van der Waals surface area contributed by atoms with Crippen LogP contribution in [0.5, 0.6) is 0 Å². The Morgan fingerprint density at radius 2 is 1.67 bits per heavy atom. The van der Waals surface area contributed by atoms with Gasteiger partial charge in [0.1, 0.15) is 0 Å². The lowest BCUT2D eigenvalue weighted by atomic mass is 10.2. The third kappa shape index (κ3) is 5.09. The number of amides is 1. The first-order valence-electron chi connectivity index (χ1n) is 6.47. The Labute approximate surface area is 124 Å². The van der Waals surface area contributed by atoms with Crippen molar-refractivity contribution in [3.63, 3.8) is 0 Å². The Morgan fingerprint density at radius 3 is 2.10 bits per heavy atom. The molecule has 0 aromatic heterocycles. The first-order chi connectivity index (χ1) is 9.91. The van der Waals surface area contributed by atoms with E-state index in [9.17, 15) is 13.2 Å². The molecule has 0 spiro atoms. The molecule has 1 aromatic carbocycles. The van der Waals surface area contributed by atoms with Gasteiger partial charge in [0.25, 0.3) is 0 Å². The van der Waals surface area contributed by atoms with Gasteiger partial charge in [-0.3, -0.25) is 4.79 Å². The number of rotatable bonds is 8. The van der Waals surface area contributed by atoms with Gasteiger partial charge in [0.2, 0.25) is 15.9 Å². The van der Waals surface area contributed by atoms with Crippen molar-refractivity contribution in [1.29, 1.82) is 0 Å². The Morgan fingerprint density at radius 1 is 1.14 bits per heavy atom. The van der Waals surface area contributed by atoms with E-state index in [0.29, 0.717) is 6.54 Å². The molecule has 3 N–H and O–H groups in total. The van der Waals surface area contributed by atoms with Crippen LogP contribution in [-0.2, 0) is 21.4 Å². The number of aliphatic hydroxyl groups is 2. The summed E-state index contributed by atoms with van der Waals surface area (Å²) in [4.78, 5) is 10.9. The van der Waals surface area contributed by atoms with Crippen molar-refractivity contribution in [1.82, 2.24) is 9.62 Å². The number of hydrogen-bond donors (Lipinski definition) is 3. The number of carbonyl (C=O) groups excluding carboxylic acids is 1. The fourth-order valence-electron chi connectivity index (χ4n) is 1.73. The first kappa shape index (κ1) is 17.6. The van der Waals surface area contributed by atoms with Crippen molar-refractivity contribution >= 4 is 15.9 Å². The zero-order chi connectivity index (χ0) is 15.9. The summed E-state index contributed by atoms with van der Waals surface area (Å²) >= 11 is 0. The molecule has 0 bridgehead atoms. The van der Waals surface area contributed by atoms with Crippen LogP contribution in [0.1, 0.15) is 12.5 Å². The second-order valence-corrected chi connectivity index (χ2v) is 6.34. The van der Waals surface area contributed by atoms with E-state index in [4.69, 9.17) is 10.2 Å². The second-order valence-electron chi connectivity index (χ2n) is 4.40. The monoisotopic (exact) mass is 316 g/mol. The lowest BCUT2D eigenvalue weighted by molar-refractivity contribution is -0.119. The van der Waals surface area contributed by atoms with Crippen molar-refractivity contribution in [3.05, 3.63) is 29.8 Å². The topological polar surface area (TPSA) is 107 Å². The maximum atomic E-state index is 12.3. The Balaban J connectivity index is 2.90. The lowest BCUT2D eigenvalue weighted by Crippen LogP contribution is -2.35. The smallest absolute Gasteiger partial charge is 0.243 e. The third-order valence-electron chi connectivity index (χ3n) is 2.80. The van der Waals surface area contributed by atoms with Crippen molar-refractivity contribution in [2.24, 2.45) is 0 Å². The molecule has 0 unspecified atom stereocenters. The molecule has 0 atom stereocenters. The van der Waals surface area contributed by atoms with Gasteiger partial charge in [-0.15, -0.1) is 0 Å². The summed E-state index contributed by atoms with van der Waals surface area (Å²) in [5.41, 5.74) is 0.778. The lowest BCUT2D eigenvalue weighted by Gasteiger charge is -2.20. The second kappa shape index (κ2) is 8.08. The zero-order valence-corrected chi connectivity index (χ0v) is 12.6. The summed E-state index contributed by atoms with van der Waals surface area (Å²) in [6.45, 7) is 0.944. The van der Waals surface area contributed by atoms with Crippen molar-refractivity contribution in [3.8, 4) is 0 Å². The summed E-state index contributed by atoms with van der Waals surface area (Å²) in [5.74, 6) is -0.163. The predicted molar refractivity (Wildman–Crippen MR) is 76.9 cm³/mol. The van der Waals surface area contributed by atoms with E-state index in [-0.39, 0.29) is 37.1 Å². The van der Waals surface area contributed by atoms with Crippen LogP contribution in [0.4, 0.5) is 0 Å². The highest BCUT2D eigenvalue weighted by Crippen LogP contribution is 2.16. The van der Waals surface area contributed by atoms with Crippen LogP contribution in [0.2, 0.25) is 0 Å². The van der Waals surface area contributed by atoms with Crippen LogP contribution < -0.4 is 5.32 Å². The molecule has 0 aliphatic rings. The van der Waals surface area contributed by atoms with E-state index < -0.39 is 10.0 Å². The molecule has 1 rings (SSSR count). The molecule has 0 fully saturated rings. The van der Waals surface area contributed by atoms with Gasteiger partial charge >= 0.3 is 0 Å². The van der Waals surface area contributed by atoms with Gasteiger partial charge in [-0.05, 0) is 17.7 Å². The average molecular weight is 316 g/mol. The first-order valence-corrected chi connectivity index (χ1v) is 7.91. The number of sulfonamides is 1. The van der Waals surface area contributed by atoms with Gasteiger partial charge in [0.15, 0.2) is 0 Å². The van der Waals surface area contributed by atoms with Gasteiger partial charge in [0, 0.05) is 26.6 Å². The summed E-state index contributed by atoms with van der Waals surface area (Å²) in [7, 11) is -3.75. The Bertz CT molecular complexity index is 550. The predicted octanol–water partition coefficient (Wildman–Crippen LogP) is -0.702. The number of nitrogens with one attached hydrogen (secondary N) is 1. The molecule has 0 aliphatic carbocycles. The molecule has 0 saturated carbocycles. The molecule has 0 saturated heterocycles. The van der Waals surface area contributed by atoms with Gasteiger partial charge < -0.3 is 15.5 Å². The molecular formula is C13H20N2O5S. The van der Waals surface area contributed by atoms with E-state index in [1.54, 1.807) is 12.1 Å². The highest BCUT2D eigenvalue weighted by molar-refractivity contribution is 7.89. The maximum absolute atomic E-state index is 12.3. The van der Waals surface area contributed by atoms with Crippen molar-refractivity contribution < 1.29 is 23.4 Å². The third-order valence-corrected chi connectivity index (χ3v) is 4.71.